The summed E-state index contributed by atoms with van der Waals surface area (Å²) in [5.74, 6) is 0.857. The van der Waals surface area contributed by atoms with Crippen LogP contribution in [0, 0.1) is 0 Å². The minimum Gasteiger partial charge on any atom is -0.494 e. The van der Waals surface area contributed by atoms with E-state index in [1.807, 2.05) is 55.5 Å². The molecule has 3 N–H and O–H groups in total. The lowest BCUT2D eigenvalue weighted by molar-refractivity contribution is 0.340. The summed E-state index contributed by atoms with van der Waals surface area (Å²) in [4.78, 5) is 0.383. The summed E-state index contributed by atoms with van der Waals surface area (Å²) in [5.41, 5.74) is 8.41. The van der Waals surface area contributed by atoms with E-state index in [0.717, 1.165) is 22.7 Å². The fraction of sp³-hybridized carbons (Fsp3) is 0.133. The zero-order valence-electron chi connectivity index (χ0n) is 10.7. The normalized spacial score (nSPS) is 9.95. The van der Waals surface area contributed by atoms with Crippen molar-refractivity contribution < 1.29 is 4.74 Å². The average molecular weight is 272 g/mol. The van der Waals surface area contributed by atoms with Crippen molar-refractivity contribution in [3.05, 3.63) is 54.1 Å². The molecule has 0 saturated heterocycles. The van der Waals surface area contributed by atoms with Gasteiger partial charge in [0, 0.05) is 16.9 Å². The molecule has 2 aromatic carbocycles. The van der Waals surface area contributed by atoms with Gasteiger partial charge in [0.1, 0.15) is 10.7 Å². The predicted octanol–water partition coefficient (Wildman–Crippen LogP) is 3.46. The largest absolute Gasteiger partial charge is 0.494 e. The predicted molar refractivity (Wildman–Crippen MR) is 83.2 cm³/mol. The monoisotopic (exact) mass is 272 g/mol. The van der Waals surface area contributed by atoms with E-state index in [0.29, 0.717) is 11.6 Å². The van der Waals surface area contributed by atoms with E-state index in [1.54, 1.807) is 0 Å². The first-order valence-corrected chi connectivity index (χ1v) is 6.50. The van der Waals surface area contributed by atoms with Gasteiger partial charge in [-0.25, -0.2) is 0 Å². The summed E-state index contributed by atoms with van der Waals surface area (Å²) in [6, 6.07) is 15.5. The Hall–Kier alpha value is -2.07. The smallest absolute Gasteiger partial charge is 0.119 e. The molecular formula is C15H16N2OS. The van der Waals surface area contributed by atoms with Crippen LogP contribution in [0.2, 0.25) is 0 Å². The first kappa shape index (κ1) is 13.4. The van der Waals surface area contributed by atoms with E-state index in [1.165, 1.54) is 0 Å². The Labute approximate surface area is 118 Å². The summed E-state index contributed by atoms with van der Waals surface area (Å²) in [5, 5.41) is 3.30. The molecule has 0 aromatic heterocycles. The molecule has 4 heteroatoms. The number of benzene rings is 2. The summed E-state index contributed by atoms with van der Waals surface area (Å²) in [6.45, 7) is 2.63. The van der Waals surface area contributed by atoms with Crippen molar-refractivity contribution in [2.24, 2.45) is 5.73 Å². The Morgan fingerprint density at radius 2 is 1.84 bits per heavy atom. The third kappa shape index (κ3) is 3.45. The molecule has 98 valence electrons. The van der Waals surface area contributed by atoms with Gasteiger partial charge >= 0.3 is 0 Å². The van der Waals surface area contributed by atoms with Crippen LogP contribution in [0.25, 0.3) is 0 Å². The lowest BCUT2D eigenvalue weighted by atomic mass is 10.1. The van der Waals surface area contributed by atoms with E-state index in [2.05, 4.69) is 5.32 Å². The molecule has 0 heterocycles. The van der Waals surface area contributed by atoms with E-state index in [-0.39, 0.29) is 0 Å². The Kier molecular flexibility index (Phi) is 4.36. The van der Waals surface area contributed by atoms with E-state index >= 15 is 0 Å². The number of hydrogen-bond acceptors (Lipinski definition) is 3. The van der Waals surface area contributed by atoms with Gasteiger partial charge in [-0.15, -0.1) is 0 Å². The first-order valence-electron chi connectivity index (χ1n) is 6.09. The minimum atomic E-state index is 0.383. The van der Waals surface area contributed by atoms with Crippen molar-refractivity contribution in [2.75, 3.05) is 11.9 Å². The summed E-state index contributed by atoms with van der Waals surface area (Å²) >= 11 is 5.04. The highest BCUT2D eigenvalue weighted by Crippen LogP contribution is 2.22. The van der Waals surface area contributed by atoms with E-state index in [4.69, 9.17) is 22.7 Å². The second kappa shape index (κ2) is 6.20. The molecule has 3 nitrogen and oxygen atoms in total. The molecule has 0 amide bonds. The van der Waals surface area contributed by atoms with Crippen molar-refractivity contribution in [1.29, 1.82) is 0 Å². The molecule has 0 unspecified atom stereocenters. The lowest BCUT2D eigenvalue weighted by Crippen LogP contribution is -2.11. The number of para-hydroxylation sites is 1. The number of anilines is 2. The highest BCUT2D eigenvalue weighted by atomic mass is 32.1. The van der Waals surface area contributed by atoms with Crippen LogP contribution in [0.4, 0.5) is 11.4 Å². The molecule has 0 fully saturated rings. The van der Waals surface area contributed by atoms with Gasteiger partial charge in [-0.2, -0.15) is 0 Å². The van der Waals surface area contributed by atoms with Crippen LogP contribution in [-0.2, 0) is 0 Å². The van der Waals surface area contributed by atoms with Crippen LogP contribution in [0.15, 0.2) is 48.5 Å². The quantitative estimate of drug-likeness (QED) is 0.818. The van der Waals surface area contributed by atoms with Gasteiger partial charge in [0.05, 0.1) is 6.61 Å². The van der Waals surface area contributed by atoms with Crippen molar-refractivity contribution in [2.45, 2.75) is 6.92 Å². The minimum absolute atomic E-state index is 0.383. The lowest BCUT2D eigenvalue weighted by Gasteiger charge is -2.11. The maximum Gasteiger partial charge on any atom is 0.119 e. The zero-order chi connectivity index (χ0) is 13.7. The van der Waals surface area contributed by atoms with Gasteiger partial charge in [-0.1, -0.05) is 24.4 Å². The molecule has 2 rings (SSSR count). The Morgan fingerprint density at radius 1 is 1.16 bits per heavy atom. The average Bonchev–Trinajstić information content (AvgIpc) is 2.42. The molecule has 19 heavy (non-hydrogen) atoms. The molecule has 0 aliphatic heterocycles. The summed E-state index contributed by atoms with van der Waals surface area (Å²) < 4.78 is 5.40. The second-order valence-corrected chi connectivity index (χ2v) is 4.43. The third-order valence-electron chi connectivity index (χ3n) is 2.64. The van der Waals surface area contributed by atoms with Crippen LogP contribution < -0.4 is 15.8 Å². The number of nitrogens with two attached hydrogens (primary N) is 1. The number of thiocarbonyl (C=S) groups is 1. The van der Waals surface area contributed by atoms with Gasteiger partial charge in [0.25, 0.3) is 0 Å². The van der Waals surface area contributed by atoms with Crippen LogP contribution in [0.3, 0.4) is 0 Å². The standard InChI is InChI=1S/C15H16N2OS/c1-2-18-12-9-7-11(8-10-12)17-14-6-4-3-5-13(14)15(16)19/h3-10,17H,2H2,1H3,(H2,16,19). The van der Waals surface area contributed by atoms with E-state index < -0.39 is 0 Å². The Balaban J connectivity index is 2.19. The van der Waals surface area contributed by atoms with Crippen LogP contribution in [0.5, 0.6) is 5.75 Å². The van der Waals surface area contributed by atoms with Crippen molar-refractivity contribution in [3.63, 3.8) is 0 Å². The molecular weight excluding hydrogens is 256 g/mol. The summed E-state index contributed by atoms with van der Waals surface area (Å²) in [6.07, 6.45) is 0. The van der Waals surface area contributed by atoms with Crippen LogP contribution in [0.1, 0.15) is 12.5 Å². The maximum atomic E-state index is 5.70. The van der Waals surface area contributed by atoms with Gasteiger partial charge in [-0.3, -0.25) is 0 Å². The van der Waals surface area contributed by atoms with Crippen LogP contribution in [-0.4, -0.2) is 11.6 Å². The third-order valence-corrected chi connectivity index (χ3v) is 2.86. The number of ether oxygens (including phenoxy) is 1. The number of hydrogen-bond donors (Lipinski definition) is 2. The molecule has 0 bridgehead atoms. The van der Waals surface area contributed by atoms with Crippen molar-refractivity contribution >= 4 is 28.6 Å². The first-order chi connectivity index (χ1) is 9.20. The van der Waals surface area contributed by atoms with Crippen LogP contribution >= 0.6 is 12.2 Å². The van der Waals surface area contributed by atoms with Crippen molar-refractivity contribution in [3.8, 4) is 5.75 Å². The Morgan fingerprint density at radius 3 is 2.47 bits per heavy atom. The summed E-state index contributed by atoms with van der Waals surface area (Å²) in [7, 11) is 0. The van der Waals surface area contributed by atoms with Gasteiger partial charge in [0.15, 0.2) is 0 Å². The van der Waals surface area contributed by atoms with Gasteiger partial charge < -0.3 is 15.8 Å². The van der Waals surface area contributed by atoms with E-state index in [9.17, 15) is 0 Å². The molecule has 0 aliphatic rings. The van der Waals surface area contributed by atoms with Gasteiger partial charge in [0.2, 0.25) is 0 Å². The molecule has 2 aromatic rings. The maximum absolute atomic E-state index is 5.70. The molecule has 0 saturated carbocycles. The zero-order valence-corrected chi connectivity index (χ0v) is 11.5. The number of nitrogens with one attached hydrogen (secondary N) is 1. The molecule has 0 aliphatic carbocycles. The molecule has 0 spiro atoms. The fourth-order valence-electron chi connectivity index (χ4n) is 1.76. The topological polar surface area (TPSA) is 47.3 Å². The highest BCUT2D eigenvalue weighted by Gasteiger charge is 2.04. The Bertz CT molecular complexity index is 567. The molecule has 0 atom stereocenters. The number of rotatable bonds is 5. The second-order valence-electron chi connectivity index (χ2n) is 3.99. The molecule has 0 radical (unpaired) electrons. The van der Waals surface area contributed by atoms with Crippen molar-refractivity contribution in [1.82, 2.24) is 0 Å². The SMILES string of the molecule is CCOc1ccc(Nc2ccccc2C(N)=S)cc1. The highest BCUT2D eigenvalue weighted by molar-refractivity contribution is 7.80. The fourth-order valence-corrected chi connectivity index (χ4v) is 1.94. The van der Waals surface area contributed by atoms with Gasteiger partial charge in [-0.05, 0) is 43.3 Å².